The van der Waals surface area contributed by atoms with E-state index in [1.165, 1.54) is 5.56 Å². The van der Waals surface area contributed by atoms with Crippen LogP contribution in [-0.2, 0) is 5.41 Å². The minimum atomic E-state index is -1.08. The van der Waals surface area contributed by atoms with E-state index in [1.807, 2.05) is 6.07 Å². The van der Waals surface area contributed by atoms with Crippen LogP contribution in [0, 0.1) is 0 Å². The SMILES string of the molecule is CC(C)([CH2][Sn][OH])c1ccccc1. The molecule has 0 aromatic heterocycles. The van der Waals surface area contributed by atoms with Crippen LogP contribution < -0.4 is 0 Å². The molecule has 0 aliphatic heterocycles. The Morgan fingerprint density at radius 3 is 2.33 bits per heavy atom. The Balaban J connectivity index is 2.82. The van der Waals surface area contributed by atoms with Gasteiger partial charge in [-0.1, -0.05) is 0 Å². The molecule has 64 valence electrons. The third kappa shape index (κ3) is 2.49. The predicted octanol–water partition coefficient (Wildman–Crippen LogP) is 1.99. The van der Waals surface area contributed by atoms with Crippen LogP contribution in [0.1, 0.15) is 19.4 Å². The molecule has 0 aliphatic rings. The Hall–Kier alpha value is -0.0213. The number of hydrogen-bond donors (Lipinski definition) is 1. The summed E-state index contributed by atoms with van der Waals surface area (Å²) in [6, 6.07) is 10.4. The summed E-state index contributed by atoms with van der Waals surface area (Å²) in [5, 5.41) is 0. The summed E-state index contributed by atoms with van der Waals surface area (Å²) in [7, 11) is 0. The summed E-state index contributed by atoms with van der Waals surface area (Å²) >= 11 is -1.08. The van der Waals surface area contributed by atoms with Gasteiger partial charge in [0, 0.05) is 0 Å². The Labute approximate surface area is 84.6 Å². The molecule has 0 amide bonds. The summed E-state index contributed by atoms with van der Waals surface area (Å²) in [5.41, 5.74) is 1.50. The topological polar surface area (TPSA) is 20.2 Å². The fourth-order valence-corrected chi connectivity index (χ4v) is 2.90. The van der Waals surface area contributed by atoms with Crippen LogP contribution >= 0.6 is 0 Å². The van der Waals surface area contributed by atoms with Crippen LogP contribution in [0.25, 0.3) is 0 Å². The molecule has 2 heteroatoms. The second-order valence-corrected chi connectivity index (χ2v) is 5.50. The molecule has 1 aromatic carbocycles. The Morgan fingerprint density at radius 2 is 1.83 bits per heavy atom. The molecule has 0 saturated carbocycles. The van der Waals surface area contributed by atoms with Gasteiger partial charge < -0.3 is 0 Å². The van der Waals surface area contributed by atoms with Crippen molar-refractivity contribution >= 4 is 21.6 Å². The number of rotatable bonds is 3. The van der Waals surface area contributed by atoms with E-state index in [9.17, 15) is 0 Å². The van der Waals surface area contributed by atoms with Crippen molar-refractivity contribution in [2.75, 3.05) is 0 Å². The molecule has 1 nitrogen and oxygen atoms in total. The minimum absolute atomic E-state index is 0.169. The molecule has 1 N–H and O–H groups in total. The second kappa shape index (κ2) is 4.28. The van der Waals surface area contributed by atoms with Crippen LogP contribution in [0.5, 0.6) is 0 Å². The van der Waals surface area contributed by atoms with E-state index < -0.39 is 21.6 Å². The van der Waals surface area contributed by atoms with Crippen molar-refractivity contribution < 1.29 is 3.44 Å². The van der Waals surface area contributed by atoms with Gasteiger partial charge in [0.25, 0.3) is 0 Å². The normalized spacial score (nSPS) is 11.6. The van der Waals surface area contributed by atoms with Gasteiger partial charge >= 0.3 is 84.6 Å². The van der Waals surface area contributed by atoms with Gasteiger partial charge in [-0.2, -0.15) is 0 Å². The van der Waals surface area contributed by atoms with E-state index in [1.54, 1.807) is 0 Å². The first-order valence-corrected chi connectivity index (χ1v) is 7.39. The van der Waals surface area contributed by atoms with Crippen molar-refractivity contribution in [3.05, 3.63) is 35.9 Å². The molecule has 1 aromatic rings. The summed E-state index contributed by atoms with van der Waals surface area (Å²) < 4.78 is 10.0. The van der Waals surface area contributed by atoms with Crippen molar-refractivity contribution in [1.29, 1.82) is 0 Å². The third-order valence-corrected chi connectivity index (χ3v) is 5.05. The molecule has 0 saturated heterocycles. The Kier molecular flexibility index (Phi) is 3.59. The maximum atomic E-state index is 9.03. The molecule has 12 heavy (non-hydrogen) atoms. The van der Waals surface area contributed by atoms with Gasteiger partial charge in [-0.15, -0.1) is 0 Å². The zero-order valence-electron chi connectivity index (χ0n) is 7.54. The van der Waals surface area contributed by atoms with Gasteiger partial charge in [-0.05, 0) is 0 Å². The summed E-state index contributed by atoms with van der Waals surface area (Å²) in [5.74, 6) is 0. The van der Waals surface area contributed by atoms with Crippen LogP contribution in [-0.4, -0.2) is 25.0 Å². The zero-order valence-corrected chi connectivity index (χ0v) is 10.4. The molecule has 0 atom stereocenters. The second-order valence-electron chi connectivity index (χ2n) is 3.58. The van der Waals surface area contributed by atoms with E-state index in [2.05, 4.69) is 38.1 Å². The van der Waals surface area contributed by atoms with Gasteiger partial charge in [0.05, 0.1) is 0 Å². The van der Waals surface area contributed by atoms with Gasteiger partial charge in [-0.3, -0.25) is 0 Å². The van der Waals surface area contributed by atoms with Crippen molar-refractivity contribution in [1.82, 2.24) is 0 Å². The van der Waals surface area contributed by atoms with E-state index in [4.69, 9.17) is 3.44 Å². The van der Waals surface area contributed by atoms with Gasteiger partial charge in [0.1, 0.15) is 0 Å². The monoisotopic (exact) mass is 270 g/mol. The molecule has 0 fully saturated rings. The molecule has 2 radical (unpaired) electrons. The summed E-state index contributed by atoms with van der Waals surface area (Å²) in [6.07, 6.45) is 0. The first-order valence-electron chi connectivity index (χ1n) is 4.09. The average molecular weight is 269 g/mol. The van der Waals surface area contributed by atoms with Crippen molar-refractivity contribution in [3.8, 4) is 0 Å². The zero-order chi connectivity index (χ0) is 9.03. The quantitative estimate of drug-likeness (QED) is 0.832. The van der Waals surface area contributed by atoms with Crippen molar-refractivity contribution in [2.24, 2.45) is 0 Å². The third-order valence-electron chi connectivity index (χ3n) is 2.08. The standard InChI is InChI=1S/C10H13.H2O.Sn/c1-10(2,3)9-7-5-4-6-8-9;;/h4-8H,1H2,2-3H3;1H2;/q;;+1/p-1. The average Bonchev–Trinajstić information content (AvgIpc) is 2.06. The Morgan fingerprint density at radius 1 is 1.25 bits per heavy atom. The van der Waals surface area contributed by atoms with Crippen LogP contribution in [0.2, 0.25) is 4.44 Å². The predicted molar refractivity (Wildman–Crippen MR) is 52.2 cm³/mol. The molecule has 0 bridgehead atoms. The number of hydrogen-bond acceptors (Lipinski definition) is 1. The van der Waals surface area contributed by atoms with E-state index in [-0.39, 0.29) is 5.41 Å². The molecular formula is C10H14OSn. The fraction of sp³-hybridized carbons (Fsp3) is 0.400. The molecule has 1 rings (SSSR count). The number of benzene rings is 1. The fourth-order valence-electron chi connectivity index (χ4n) is 1.19. The van der Waals surface area contributed by atoms with E-state index >= 15 is 0 Å². The first kappa shape index (κ1) is 10.1. The van der Waals surface area contributed by atoms with Crippen molar-refractivity contribution in [2.45, 2.75) is 23.7 Å². The maximum absolute atomic E-state index is 9.03. The van der Waals surface area contributed by atoms with Crippen LogP contribution in [0.3, 0.4) is 0 Å². The Bertz CT molecular complexity index is 231. The van der Waals surface area contributed by atoms with Crippen LogP contribution in [0.4, 0.5) is 0 Å². The summed E-state index contributed by atoms with van der Waals surface area (Å²) in [4.78, 5) is 0. The molecule has 0 unspecified atom stereocenters. The van der Waals surface area contributed by atoms with E-state index in [0.717, 1.165) is 4.44 Å². The van der Waals surface area contributed by atoms with Crippen molar-refractivity contribution in [3.63, 3.8) is 0 Å². The molecule has 0 heterocycles. The van der Waals surface area contributed by atoms with Gasteiger partial charge in [0.2, 0.25) is 0 Å². The molecule has 0 spiro atoms. The molecule has 0 aliphatic carbocycles. The summed E-state index contributed by atoms with van der Waals surface area (Å²) in [6.45, 7) is 4.39. The first-order chi connectivity index (χ1) is 5.67. The van der Waals surface area contributed by atoms with Crippen LogP contribution in [0.15, 0.2) is 30.3 Å². The van der Waals surface area contributed by atoms with E-state index in [0.29, 0.717) is 0 Å². The van der Waals surface area contributed by atoms with Gasteiger partial charge in [0.15, 0.2) is 0 Å². The van der Waals surface area contributed by atoms with Gasteiger partial charge in [-0.25, -0.2) is 0 Å². The molecular weight excluding hydrogens is 255 g/mol.